The van der Waals surface area contributed by atoms with Crippen LogP contribution in [0.5, 0.6) is 5.75 Å². The number of nitrogens with two attached hydrogens (primary N) is 1. The quantitative estimate of drug-likeness (QED) is 0.673. The summed E-state index contributed by atoms with van der Waals surface area (Å²) in [5, 5.41) is 2.91. The molecule has 0 saturated carbocycles. The van der Waals surface area contributed by atoms with Crippen LogP contribution in [0, 0.1) is 0 Å². The molecule has 3 rings (SSSR count). The molecule has 5 nitrogen and oxygen atoms in total. The van der Waals surface area contributed by atoms with E-state index < -0.39 is 0 Å². The standard InChI is InChI=1S/C23H30N2O3.ClH/c1-16(2)17-8-10-18(11-9-17)22(24)14-25-23(26)19-5-3-6-20(13-19)28-15-21-7-4-12-27-21;/h3,5-6,8-11,13,16,21-22H,4,7,12,14-15,24H2,1-2H3,(H,25,26);1H. The lowest BCUT2D eigenvalue weighted by Crippen LogP contribution is -2.31. The molecule has 1 saturated heterocycles. The molecule has 0 aromatic heterocycles. The summed E-state index contributed by atoms with van der Waals surface area (Å²) in [7, 11) is 0. The fourth-order valence-electron chi connectivity index (χ4n) is 3.24. The van der Waals surface area contributed by atoms with Crippen molar-refractivity contribution in [2.24, 2.45) is 5.73 Å². The number of rotatable bonds is 8. The van der Waals surface area contributed by atoms with Crippen molar-refractivity contribution >= 4 is 18.3 Å². The summed E-state index contributed by atoms with van der Waals surface area (Å²) in [4.78, 5) is 12.5. The molecule has 1 aliphatic heterocycles. The van der Waals surface area contributed by atoms with E-state index in [1.54, 1.807) is 12.1 Å². The molecule has 2 aromatic rings. The van der Waals surface area contributed by atoms with Crippen LogP contribution < -0.4 is 15.8 Å². The Bertz CT molecular complexity index is 774. The molecule has 1 aliphatic rings. The largest absolute Gasteiger partial charge is 0.491 e. The molecule has 2 atom stereocenters. The number of carbonyl (C=O) groups is 1. The number of hydrogen-bond donors (Lipinski definition) is 2. The van der Waals surface area contributed by atoms with Crippen molar-refractivity contribution in [3.8, 4) is 5.75 Å². The van der Waals surface area contributed by atoms with E-state index in [0.717, 1.165) is 25.0 Å². The van der Waals surface area contributed by atoms with E-state index in [1.165, 1.54) is 5.56 Å². The summed E-state index contributed by atoms with van der Waals surface area (Å²) in [6.07, 6.45) is 2.25. The van der Waals surface area contributed by atoms with Crippen LogP contribution in [0.25, 0.3) is 0 Å². The molecule has 1 amide bonds. The van der Waals surface area contributed by atoms with Gasteiger partial charge in [0.25, 0.3) is 5.91 Å². The Morgan fingerprint density at radius 2 is 1.93 bits per heavy atom. The average Bonchev–Trinajstić information content (AvgIpc) is 3.24. The lowest BCUT2D eigenvalue weighted by Gasteiger charge is -2.15. The van der Waals surface area contributed by atoms with Crippen LogP contribution in [-0.4, -0.2) is 31.8 Å². The van der Waals surface area contributed by atoms with Crippen LogP contribution in [-0.2, 0) is 4.74 Å². The van der Waals surface area contributed by atoms with E-state index in [-0.39, 0.29) is 30.5 Å². The van der Waals surface area contributed by atoms with E-state index in [1.807, 2.05) is 24.3 Å². The van der Waals surface area contributed by atoms with Crippen LogP contribution in [0.3, 0.4) is 0 Å². The predicted molar refractivity (Wildman–Crippen MR) is 118 cm³/mol. The number of hydrogen-bond acceptors (Lipinski definition) is 4. The highest BCUT2D eigenvalue weighted by Crippen LogP contribution is 2.19. The Labute approximate surface area is 179 Å². The first-order chi connectivity index (χ1) is 13.5. The van der Waals surface area contributed by atoms with E-state index >= 15 is 0 Å². The van der Waals surface area contributed by atoms with Gasteiger partial charge in [-0.05, 0) is 48.1 Å². The summed E-state index contributed by atoms with van der Waals surface area (Å²) in [5.74, 6) is 1.01. The SMILES string of the molecule is CC(C)c1ccc(C(N)CNC(=O)c2cccc(OCC3CCCO3)c2)cc1.Cl. The summed E-state index contributed by atoms with van der Waals surface area (Å²) >= 11 is 0. The summed E-state index contributed by atoms with van der Waals surface area (Å²) in [5.41, 5.74) is 9.09. The third kappa shape index (κ3) is 6.74. The van der Waals surface area contributed by atoms with Gasteiger partial charge in [0.15, 0.2) is 0 Å². The summed E-state index contributed by atoms with van der Waals surface area (Å²) in [6.45, 7) is 6.02. The second kappa shape index (κ2) is 11.2. The lowest BCUT2D eigenvalue weighted by molar-refractivity contribution is 0.0679. The Balaban J connectivity index is 0.00000300. The van der Waals surface area contributed by atoms with Gasteiger partial charge >= 0.3 is 0 Å². The minimum absolute atomic E-state index is 0. The first-order valence-corrected chi connectivity index (χ1v) is 10.0. The summed E-state index contributed by atoms with van der Waals surface area (Å²) < 4.78 is 11.3. The van der Waals surface area contributed by atoms with Crippen LogP contribution in [0.15, 0.2) is 48.5 Å². The van der Waals surface area contributed by atoms with Gasteiger partial charge in [-0.1, -0.05) is 44.2 Å². The van der Waals surface area contributed by atoms with Gasteiger partial charge in [-0.25, -0.2) is 0 Å². The Morgan fingerprint density at radius 3 is 2.59 bits per heavy atom. The molecule has 1 heterocycles. The van der Waals surface area contributed by atoms with Gasteiger partial charge in [-0.3, -0.25) is 4.79 Å². The number of halogens is 1. The third-order valence-corrected chi connectivity index (χ3v) is 5.07. The first-order valence-electron chi connectivity index (χ1n) is 10.0. The smallest absolute Gasteiger partial charge is 0.251 e. The predicted octanol–water partition coefficient (Wildman–Crippen LogP) is 4.22. The number of ether oxygens (including phenoxy) is 2. The monoisotopic (exact) mass is 418 g/mol. The van der Waals surface area contributed by atoms with Crippen LogP contribution >= 0.6 is 12.4 Å². The van der Waals surface area contributed by atoms with Crippen molar-refractivity contribution in [2.45, 2.75) is 44.8 Å². The van der Waals surface area contributed by atoms with E-state index in [0.29, 0.717) is 30.4 Å². The molecule has 2 aromatic carbocycles. The molecule has 158 valence electrons. The zero-order chi connectivity index (χ0) is 19.9. The molecule has 1 fully saturated rings. The fraction of sp³-hybridized carbons (Fsp3) is 0.435. The van der Waals surface area contributed by atoms with Crippen molar-refractivity contribution < 1.29 is 14.3 Å². The molecular weight excluding hydrogens is 388 g/mol. The number of nitrogens with one attached hydrogen (secondary N) is 1. The Hall–Kier alpha value is -2.08. The second-order valence-corrected chi connectivity index (χ2v) is 7.61. The average molecular weight is 419 g/mol. The van der Waals surface area contributed by atoms with Crippen molar-refractivity contribution in [1.82, 2.24) is 5.32 Å². The lowest BCUT2D eigenvalue weighted by atomic mass is 9.99. The molecule has 0 bridgehead atoms. The second-order valence-electron chi connectivity index (χ2n) is 7.61. The topological polar surface area (TPSA) is 73.6 Å². The highest BCUT2D eigenvalue weighted by molar-refractivity contribution is 5.94. The minimum atomic E-state index is -0.246. The highest BCUT2D eigenvalue weighted by Gasteiger charge is 2.16. The van der Waals surface area contributed by atoms with E-state index in [2.05, 4.69) is 31.3 Å². The first kappa shape index (κ1) is 23.2. The van der Waals surface area contributed by atoms with Crippen LogP contribution in [0.2, 0.25) is 0 Å². The van der Waals surface area contributed by atoms with Gasteiger partial charge < -0.3 is 20.5 Å². The molecule has 0 radical (unpaired) electrons. The van der Waals surface area contributed by atoms with Gasteiger partial charge in [0.2, 0.25) is 0 Å². The number of amides is 1. The van der Waals surface area contributed by atoms with Gasteiger partial charge in [-0.2, -0.15) is 0 Å². The van der Waals surface area contributed by atoms with Crippen molar-refractivity contribution in [1.29, 1.82) is 0 Å². The maximum atomic E-state index is 12.5. The van der Waals surface area contributed by atoms with Crippen LogP contribution in [0.1, 0.15) is 60.1 Å². The minimum Gasteiger partial charge on any atom is -0.491 e. The van der Waals surface area contributed by atoms with Crippen LogP contribution in [0.4, 0.5) is 0 Å². The normalized spacial score (nSPS) is 16.9. The fourth-order valence-corrected chi connectivity index (χ4v) is 3.24. The summed E-state index contributed by atoms with van der Waals surface area (Å²) in [6, 6.07) is 15.2. The van der Waals surface area contributed by atoms with Gasteiger partial charge in [0.05, 0.1) is 6.10 Å². The zero-order valence-electron chi connectivity index (χ0n) is 17.1. The molecule has 2 unspecified atom stereocenters. The molecule has 3 N–H and O–H groups in total. The number of benzene rings is 2. The zero-order valence-corrected chi connectivity index (χ0v) is 17.9. The van der Waals surface area contributed by atoms with Crippen molar-refractivity contribution in [3.05, 3.63) is 65.2 Å². The maximum absolute atomic E-state index is 12.5. The third-order valence-electron chi connectivity index (χ3n) is 5.07. The number of carbonyl (C=O) groups excluding carboxylic acids is 1. The van der Waals surface area contributed by atoms with Gasteiger partial charge in [0, 0.05) is 24.8 Å². The van der Waals surface area contributed by atoms with E-state index in [4.69, 9.17) is 15.2 Å². The van der Waals surface area contributed by atoms with Gasteiger partial charge in [-0.15, -0.1) is 12.4 Å². The molecule has 0 aliphatic carbocycles. The van der Waals surface area contributed by atoms with Gasteiger partial charge in [0.1, 0.15) is 12.4 Å². The Morgan fingerprint density at radius 1 is 1.21 bits per heavy atom. The van der Waals surface area contributed by atoms with Crippen molar-refractivity contribution in [3.63, 3.8) is 0 Å². The van der Waals surface area contributed by atoms with Crippen molar-refractivity contribution in [2.75, 3.05) is 19.8 Å². The molecular formula is C23H31ClN2O3. The molecule has 6 heteroatoms. The maximum Gasteiger partial charge on any atom is 0.251 e. The Kier molecular flexibility index (Phi) is 8.96. The highest BCUT2D eigenvalue weighted by atomic mass is 35.5. The molecule has 29 heavy (non-hydrogen) atoms. The molecule has 0 spiro atoms. The van der Waals surface area contributed by atoms with E-state index in [9.17, 15) is 4.79 Å².